The summed E-state index contributed by atoms with van der Waals surface area (Å²) in [6.07, 6.45) is 5.83. The van der Waals surface area contributed by atoms with Crippen LogP contribution in [-0.2, 0) is 0 Å². The molecule has 2 heteroatoms. The van der Waals surface area contributed by atoms with Crippen molar-refractivity contribution >= 4 is 28.2 Å². The molecule has 0 amide bonds. The van der Waals surface area contributed by atoms with Crippen molar-refractivity contribution in [1.29, 1.82) is 0 Å². The lowest BCUT2D eigenvalue weighted by atomic mass is 10.6. The van der Waals surface area contributed by atoms with Crippen LogP contribution in [0.4, 0.5) is 0 Å². The average Bonchev–Trinajstić information content (AvgIpc) is 1.68. The van der Waals surface area contributed by atoms with Gasteiger partial charge >= 0.3 is 0 Å². The predicted molar refractivity (Wildman–Crippen MR) is 40.9 cm³/mol. The zero-order valence-electron chi connectivity index (χ0n) is 4.47. The Balaban J connectivity index is 3.37. The molecule has 0 aromatic heterocycles. The van der Waals surface area contributed by atoms with E-state index in [-0.39, 0.29) is 0 Å². The molecule has 0 aliphatic carbocycles. The molecule has 0 atom stereocenters. The highest BCUT2D eigenvalue weighted by molar-refractivity contribution is 8.23. The summed E-state index contributed by atoms with van der Waals surface area (Å²) in [5.74, 6) is 0. The second-order valence-corrected chi connectivity index (χ2v) is 2.57. The second kappa shape index (κ2) is 4.34. The lowest BCUT2D eigenvalue weighted by molar-refractivity contribution is 1.78. The maximum absolute atomic E-state index is 4.83. The van der Waals surface area contributed by atoms with E-state index in [1.165, 1.54) is 0 Å². The maximum Gasteiger partial charge on any atom is 0.0699 e. The SMILES string of the molecule is C/C=C/C(=S)SC. The van der Waals surface area contributed by atoms with Crippen LogP contribution in [0.1, 0.15) is 6.92 Å². The molecule has 0 aliphatic rings. The van der Waals surface area contributed by atoms with E-state index in [2.05, 4.69) is 0 Å². The molecule has 0 saturated carbocycles. The normalized spacial score (nSPS) is 10.0. The smallest absolute Gasteiger partial charge is 0.0699 e. The van der Waals surface area contributed by atoms with Crippen LogP contribution in [0.5, 0.6) is 0 Å². The van der Waals surface area contributed by atoms with E-state index in [1.807, 2.05) is 25.3 Å². The number of rotatable bonds is 1. The zero-order chi connectivity index (χ0) is 5.70. The van der Waals surface area contributed by atoms with Gasteiger partial charge in [-0.25, -0.2) is 0 Å². The van der Waals surface area contributed by atoms with Gasteiger partial charge < -0.3 is 0 Å². The summed E-state index contributed by atoms with van der Waals surface area (Å²) in [6, 6.07) is 0. The lowest BCUT2D eigenvalue weighted by Crippen LogP contribution is -1.73. The number of thiocarbonyl (C=S) groups is 1. The van der Waals surface area contributed by atoms with Gasteiger partial charge in [-0.15, -0.1) is 11.8 Å². The van der Waals surface area contributed by atoms with Crippen LogP contribution < -0.4 is 0 Å². The molecule has 0 nitrogen and oxygen atoms in total. The lowest BCUT2D eigenvalue weighted by Gasteiger charge is -1.82. The van der Waals surface area contributed by atoms with Gasteiger partial charge in [-0.1, -0.05) is 18.3 Å². The van der Waals surface area contributed by atoms with Crippen molar-refractivity contribution in [2.45, 2.75) is 6.92 Å². The van der Waals surface area contributed by atoms with E-state index in [0.29, 0.717) is 0 Å². The van der Waals surface area contributed by atoms with Gasteiger partial charge in [-0.05, 0) is 19.3 Å². The highest BCUT2D eigenvalue weighted by atomic mass is 32.2. The van der Waals surface area contributed by atoms with Crippen molar-refractivity contribution in [3.63, 3.8) is 0 Å². The number of thioether (sulfide) groups is 1. The van der Waals surface area contributed by atoms with E-state index >= 15 is 0 Å². The van der Waals surface area contributed by atoms with Crippen molar-refractivity contribution in [2.75, 3.05) is 6.26 Å². The van der Waals surface area contributed by atoms with Crippen LogP contribution in [0, 0.1) is 0 Å². The Hall–Kier alpha value is 0.180. The predicted octanol–water partition coefficient (Wildman–Crippen LogP) is 2.25. The molecule has 0 aromatic rings. The molecule has 0 saturated heterocycles. The largest absolute Gasteiger partial charge is 0.118 e. The molecule has 0 aromatic carbocycles. The van der Waals surface area contributed by atoms with Gasteiger partial charge in [0, 0.05) is 0 Å². The van der Waals surface area contributed by atoms with Crippen LogP contribution in [0.2, 0.25) is 0 Å². The molecule has 7 heavy (non-hydrogen) atoms. The van der Waals surface area contributed by atoms with Crippen molar-refractivity contribution < 1.29 is 0 Å². The molecule has 0 unspecified atom stereocenters. The van der Waals surface area contributed by atoms with E-state index in [4.69, 9.17) is 12.2 Å². The van der Waals surface area contributed by atoms with Crippen LogP contribution in [0.15, 0.2) is 12.2 Å². The van der Waals surface area contributed by atoms with E-state index in [0.717, 1.165) is 4.20 Å². The van der Waals surface area contributed by atoms with E-state index in [9.17, 15) is 0 Å². The fourth-order valence-electron chi connectivity index (χ4n) is 0.204. The van der Waals surface area contributed by atoms with Gasteiger partial charge in [0.2, 0.25) is 0 Å². The summed E-state index contributed by atoms with van der Waals surface area (Å²) in [4.78, 5) is 0. The molecule has 0 N–H and O–H groups in total. The Bertz CT molecular complexity index is 84.1. The summed E-state index contributed by atoms with van der Waals surface area (Å²) in [5.41, 5.74) is 0. The van der Waals surface area contributed by atoms with Crippen LogP contribution in [-0.4, -0.2) is 10.5 Å². The summed E-state index contributed by atoms with van der Waals surface area (Å²) >= 11 is 6.42. The molecule has 0 rings (SSSR count). The molecule has 0 fully saturated rings. The van der Waals surface area contributed by atoms with Crippen LogP contribution >= 0.6 is 24.0 Å². The Morgan fingerprint density at radius 1 is 1.71 bits per heavy atom. The highest BCUT2D eigenvalue weighted by Gasteiger charge is 1.78. The molecule has 0 radical (unpaired) electrons. The van der Waals surface area contributed by atoms with Gasteiger partial charge in [0.15, 0.2) is 0 Å². The molecule has 0 heterocycles. The minimum Gasteiger partial charge on any atom is -0.118 e. The minimum atomic E-state index is 0.947. The van der Waals surface area contributed by atoms with Crippen LogP contribution in [0.25, 0.3) is 0 Å². The molecule has 0 bridgehead atoms. The number of hydrogen-bond acceptors (Lipinski definition) is 2. The molecule has 0 spiro atoms. The first-order chi connectivity index (χ1) is 3.31. The van der Waals surface area contributed by atoms with E-state index in [1.54, 1.807) is 11.8 Å². The fraction of sp³-hybridized carbons (Fsp3) is 0.400. The highest BCUT2D eigenvalue weighted by Crippen LogP contribution is 1.97. The minimum absolute atomic E-state index is 0.947. The maximum atomic E-state index is 4.83. The molecule has 0 aliphatic heterocycles. The standard InChI is InChI=1S/C5H8S2/c1-3-4-5(6)7-2/h3-4H,1-2H3/b4-3+. The summed E-state index contributed by atoms with van der Waals surface area (Å²) in [6.45, 7) is 1.96. The van der Waals surface area contributed by atoms with Crippen molar-refractivity contribution in [3.05, 3.63) is 12.2 Å². The second-order valence-electron chi connectivity index (χ2n) is 1.02. The first-order valence-corrected chi connectivity index (χ1v) is 3.65. The summed E-state index contributed by atoms with van der Waals surface area (Å²) < 4.78 is 0.947. The average molecular weight is 132 g/mol. The Morgan fingerprint density at radius 3 is 2.43 bits per heavy atom. The Labute approximate surface area is 54.0 Å². The summed E-state index contributed by atoms with van der Waals surface area (Å²) in [5, 5.41) is 0. The van der Waals surface area contributed by atoms with E-state index < -0.39 is 0 Å². The number of allylic oxidation sites excluding steroid dienone is 1. The Morgan fingerprint density at radius 2 is 2.29 bits per heavy atom. The van der Waals surface area contributed by atoms with Crippen molar-refractivity contribution in [2.24, 2.45) is 0 Å². The van der Waals surface area contributed by atoms with Crippen molar-refractivity contribution in [3.8, 4) is 0 Å². The monoisotopic (exact) mass is 132 g/mol. The summed E-state index contributed by atoms with van der Waals surface area (Å²) in [7, 11) is 0. The third-order valence-electron chi connectivity index (χ3n) is 0.504. The zero-order valence-corrected chi connectivity index (χ0v) is 6.10. The molecular formula is C5H8S2. The van der Waals surface area contributed by atoms with Gasteiger partial charge in [-0.2, -0.15) is 0 Å². The van der Waals surface area contributed by atoms with Gasteiger partial charge in [0.1, 0.15) is 0 Å². The molecular weight excluding hydrogens is 124 g/mol. The van der Waals surface area contributed by atoms with Gasteiger partial charge in [0.25, 0.3) is 0 Å². The van der Waals surface area contributed by atoms with Crippen LogP contribution in [0.3, 0.4) is 0 Å². The Kier molecular flexibility index (Phi) is 4.45. The van der Waals surface area contributed by atoms with Gasteiger partial charge in [-0.3, -0.25) is 0 Å². The first-order valence-electron chi connectivity index (χ1n) is 2.02. The quantitative estimate of drug-likeness (QED) is 0.396. The first kappa shape index (κ1) is 7.18. The third-order valence-corrected chi connectivity index (χ3v) is 1.68. The van der Waals surface area contributed by atoms with Crippen molar-refractivity contribution in [1.82, 2.24) is 0 Å². The molecule has 40 valence electrons. The van der Waals surface area contributed by atoms with Gasteiger partial charge in [0.05, 0.1) is 4.20 Å². The number of hydrogen-bond donors (Lipinski definition) is 0. The topological polar surface area (TPSA) is 0 Å². The third kappa shape index (κ3) is 4.02. The fourth-order valence-corrected chi connectivity index (χ4v) is 0.612.